The third-order valence-corrected chi connectivity index (χ3v) is 7.33. The first kappa shape index (κ1) is 25.4. The summed E-state index contributed by atoms with van der Waals surface area (Å²) in [4.78, 5) is 31.1. The van der Waals surface area contributed by atoms with Crippen molar-refractivity contribution in [3.63, 3.8) is 0 Å². The molecule has 0 N–H and O–H groups in total. The summed E-state index contributed by atoms with van der Waals surface area (Å²) in [5, 5.41) is 0.677. The molecule has 1 saturated heterocycles. The van der Waals surface area contributed by atoms with Crippen molar-refractivity contribution < 1.29 is 19.1 Å². The summed E-state index contributed by atoms with van der Waals surface area (Å²) in [6.07, 6.45) is 7.16. The zero-order valence-corrected chi connectivity index (χ0v) is 21.4. The van der Waals surface area contributed by atoms with E-state index in [0.29, 0.717) is 36.1 Å². The molecule has 2 aromatic rings. The molecule has 188 valence electrons. The summed E-state index contributed by atoms with van der Waals surface area (Å²) in [5.41, 5.74) is 1.82. The lowest BCUT2D eigenvalue weighted by Gasteiger charge is -2.43. The second-order valence-electron chi connectivity index (χ2n) is 9.32. The molecule has 0 bridgehead atoms. The minimum atomic E-state index is -0.684. The van der Waals surface area contributed by atoms with Crippen LogP contribution >= 0.6 is 11.6 Å². The van der Waals surface area contributed by atoms with E-state index in [-0.39, 0.29) is 24.4 Å². The third-order valence-electron chi connectivity index (χ3n) is 7.08. The zero-order chi connectivity index (χ0) is 24.8. The minimum absolute atomic E-state index is 0.00109. The van der Waals surface area contributed by atoms with Gasteiger partial charge in [0.05, 0.1) is 13.7 Å². The topological polar surface area (TPSA) is 59.1 Å². The number of nitrogens with zero attached hydrogens (tertiary/aromatic N) is 2. The van der Waals surface area contributed by atoms with Crippen LogP contribution in [0.1, 0.15) is 62.6 Å². The molecule has 6 nitrogen and oxygen atoms in total. The average molecular weight is 499 g/mol. The van der Waals surface area contributed by atoms with Gasteiger partial charge in [0.2, 0.25) is 5.91 Å². The standard InChI is InChI=1S/C28H35ClN2O4/c1-3-35-24-15-12-21(18-25(24)34-2)27-28(33)31(23-8-6-4-5-7-9-23)19-26(32)30(27)17-16-20-10-13-22(29)14-11-20/h10-15,18,23,27H,3-9,16-17,19H2,1-2H3. The summed E-state index contributed by atoms with van der Waals surface area (Å²) in [5.74, 6) is 1.18. The van der Waals surface area contributed by atoms with E-state index in [9.17, 15) is 9.59 Å². The Morgan fingerprint density at radius 3 is 2.34 bits per heavy atom. The van der Waals surface area contributed by atoms with Crippen molar-refractivity contribution in [2.24, 2.45) is 0 Å². The highest BCUT2D eigenvalue weighted by atomic mass is 35.5. The number of carbonyl (C=O) groups is 2. The van der Waals surface area contributed by atoms with Crippen molar-refractivity contribution in [1.82, 2.24) is 9.80 Å². The quantitative estimate of drug-likeness (QED) is 0.456. The van der Waals surface area contributed by atoms with E-state index in [4.69, 9.17) is 21.1 Å². The van der Waals surface area contributed by atoms with E-state index in [1.54, 1.807) is 12.0 Å². The molecule has 0 aromatic heterocycles. The highest BCUT2D eigenvalue weighted by molar-refractivity contribution is 6.30. The molecule has 1 atom stereocenters. The zero-order valence-electron chi connectivity index (χ0n) is 20.7. The lowest BCUT2D eigenvalue weighted by Crippen LogP contribution is -2.58. The molecule has 1 aliphatic heterocycles. The Morgan fingerprint density at radius 2 is 1.69 bits per heavy atom. The lowest BCUT2D eigenvalue weighted by atomic mass is 9.96. The molecular weight excluding hydrogens is 464 g/mol. The lowest BCUT2D eigenvalue weighted by molar-refractivity contribution is -0.158. The van der Waals surface area contributed by atoms with Crippen molar-refractivity contribution >= 4 is 23.4 Å². The monoisotopic (exact) mass is 498 g/mol. The van der Waals surface area contributed by atoms with Gasteiger partial charge in [0.1, 0.15) is 12.6 Å². The molecule has 7 heteroatoms. The van der Waals surface area contributed by atoms with E-state index in [1.807, 2.05) is 54.3 Å². The number of amides is 2. The number of hydrogen-bond donors (Lipinski definition) is 0. The summed E-state index contributed by atoms with van der Waals surface area (Å²) in [6.45, 7) is 3.03. The SMILES string of the molecule is CCOc1ccc(C2C(=O)N(C3CCCCCC3)CC(=O)N2CCc2ccc(Cl)cc2)cc1OC. The molecule has 2 amide bonds. The van der Waals surface area contributed by atoms with E-state index in [1.165, 1.54) is 12.8 Å². The average Bonchev–Trinajstić information content (AvgIpc) is 3.15. The minimum Gasteiger partial charge on any atom is -0.493 e. The molecule has 1 saturated carbocycles. The number of rotatable bonds is 8. The second-order valence-corrected chi connectivity index (χ2v) is 9.76. The van der Waals surface area contributed by atoms with E-state index in [2.05, 4.69) is 0 Å². The van der Waals surface area contributed by atoms with Gasteiger partial charge in [-0.3, -0.25) is 9.59 Å². The van der Waals surface area contributed by atoms with Crippen LogP contribution in [0.2, 0.25) is 5.02 Å². The fourth-order valence-electron chi connectivity index (χ4n) is 5.23. The van der Waals surface area contributed by atoms with Gasteiger partial charge in [-0.15, -0.1) is 0 Å². The molecule has 2 fully saturated rings. The molecule has 1 unspecified atom stereocenters. The van der Waals surface area contributed by atoms with Gasteiger partial charge in [-0.1, -0.05) is 55.5 Å². The van der Waals surface area contributed by atoms with Crippen LogP contribution in [0.25, 0.3) is 0 Å². The Balaban J connectivity index is 1.65. The van der Waals surface area contributed by atoms with Crippen molar-refractivity contribution in [3.8, 4) is 11.5 Å². The molecule has 2 aromatic carbocycles. The Morgan fingerprint density at radius 1 is 0.971 bits per heavy atom. The normalized spacial score (nSPS) is 19.6. The first-order valence-corrected chi connectivity index (χ1v) is 13.0. The Labute approximate surface area is 213 Å². The number of carbonyl (C=O) groups excluding carboxylic acids is 2. The summed E-state index contributed by atoms with van der Waals surface area (Å²) in [6, 6.07) is 12.6. The first-order valence-electron chi connectivity index (χ1n) is 12.7. The maximum absolute atomic E-state index is 14.0. The van der Waals surface area contributed by atoms with Crippen LogP contribution < -0.4 is 9.47 Å². The Kier molecular flexibility index (Phi) is 8.55. The third kappa shape index (κ3) is 5.92. The van der Waals surface area contributed by atoms with E-state index < -0.39 is 6.04 Å². The largest absolute Gasteiger partial charge is 0.493 e. The number of methoxy groups -OCH3 is 1. The number of ether oxygens (including phenoxy) is 2. The van der Waals surface area contributed by atoms with Crippen molar-refractivity contribution in [1.29, 1.82) is 0 Å². The molecule has 1 heterocycles. The number of piperazine rings is 1. The highest BCUT2D eigenvalue weighted by Crippen LogP contribution is 2.36. The predicted octanol–water partition coefficient (Wildman–Crippen LogP) is 5.42. The second kappa shape index (κ2) is 11.8. The first-order chi connectivity index (χ1) is 17.0. The van der Waals surface area contributed by atoms with Crippen molar-refractivity contribution in [2.45, 2.75) is 64.0 Å². The fourth-order valence-corrected chi connectivity index (χ4v) is 5.36. The van der Waals surface area contributed by atoms with Gasteiger partial charge in [0.15, 0.2) is 11.5 Å². The molecule has 0 radical (unpaired) electrons. The number of benzene rings is 2. The highest BCUT2D eigenvalue weighted by Gasteiger charge is 2.42. The van der Waals surface area contributed by atoms with Crippen LogP contribution in [0.5, 0.6) is 11.5 Å². The van der Waals surface area contributed by atoms with Crippen molar-refractivity contribution in [2.75, 3.05) is 26.8 Å². The fraction of sp³-hybridized carbons (Fsp3) is 0.500. The van der Waals surface area contributed by atoms with Gasteiger partial charge in [-0.2, -0.15) is 0 Å². The molecule has 2 aliphatic rings. The molecule has 35 heavy (non-hydrogen) atoms. The van der Waals surface area contributed by atoms with Gasteiger partial charge in [0, 0.05) is 17.6 Å². The Hall–Kier alpha value is -2.73. The van der Waals surface area contributed by atoms with Gasteiger partial charge in [-0.05, 0) is 61.6 Å². The number of halogens is 1. The molecule has 0 spiro atoms. The summed E-state index contributed by atoms with van der Waals surface area (Å²) >= 11 is 6.03. The summed E-state index contributed by atoms with van der Waals surface area (Å²) < 4.78 is 11.2. The smallest absolute Gasteiger partial charge is 0.250 e. The van der Waals surface area contributed by atoms with Crippen LogP contribution in [-0.2, 0) is 16.0 Å². The molecule has 4 rings (SSSR count). The van der Waals surface area contributed by atoms with E-state index >= 15 is 0 Å². The Bertz CT molecular complexity index is 1020. The van der Waals surface area contributed by atoms with Gasteiger partial charge in [-0.25, -0.2) is 0 Å². The van der Waals surface area contributed by atoms with Gasteiger partial charge < -0.3 is 19.3 Å². The van der Waals surface area contributed by atoms with Gasteiger partial charge in [0.25, 0.3) is 5.91 Å². The molecular formula is C28H35ClN2O4. The predicted molar refractivity (Wildman–Crippen MR) is 137 cm³/mol. The van der Waals surface area contributed by atoms with Gasteiger partial charge >= 0.3 is 0 Å². The van der Waals surface area contributed by atoms with Crippen LogP contribution in [0, 0.1) is 0 Å². The van der Waals surface area contributed by atoms with Crippen molar-refractivity contribution in [3.05, 3.63) is 58.6 Å². The summed E-state index contributed by atoms with van der Waals surface area (Å²) in [7, 11) is 1.59. The van der Waals surface area contributed by atoms with E-state index in [0.717, 1.165) is 36.8 Å². The molecule has 1 aliphatic carbocycles. The maximum atomic E-state index is 14.0. The van der Waals surface area contributed by atoms with Crippen LogP contribution in [0.3, 0.4) is 0 Å². The van der Waals surface area contributed by atoms with Crippen LogP contribution in [0.15, 0.2) is 42.5 Å². The number of hydrogen-bond acceptors (Lipinski definition) is 4. The van der Waals surface area contributed by atoms with Crippen LogP contribution in [0.4, 0.5) is 0 Å². The maximum Gasteiger partial charge on any atom is 0.250 e. The van der Waals surface area contributed by atoms with Crippen LogP contribution in [-0.4, -0.2) is 54.5 Å².